The highest BCUT2D eigenvalue weighted by molar-refractivity contribution is 7.91. The van der Waals surface area contributed by atoms with Gasteiger partial charge in [0.25, 0.3) is 0 Å². The average molecular weight is 463 g/mol. The minimum absolute atomic E-state index is 0.0279. The number of halogens is 1. The summed E-state index contributed by atoms with van der Waals surface area (Å²) in [4.78, 5) is 16.7. The summed E-state index contributed by atoms with van der Waals surface area (Å²) in [5.74, 6) is 0.363. The summed E-state index contributed by atoms with van der Waals surface area (Å²) in [5.41, 5.74) is 3.78. The first-order valence-electron chi connectivity index (χ1n) is 10.5. The molecule has 9 heteroatoms. The van der Waals surface area contributed by atoms with Gasteiger partial charge in [-0.25, -0.2) is 8.42 Å². The summed E-state index contributed by atoms with van der Waals surface area (Å²) in [5, 5.41) is 5.28. The predicted octanol–water partition coefficient (Wildman–Crippen LogP) is 2.87. The Labute approximate surface area is 188 Å². The van der Waals surface area contributed by atoms with E-state index in [1.165, 1.54) is 0 Å². The van der Waals surface area contributed by atoms with E-state index in [9.17, 15) is 13.2 Å². The van der Waals surface area contributed by atoms with E-state index in [1.54, 1.807) is 18.2 Å². The molecule has 0 saturated carbocycles. The molecule has 2 fully saturated rings. The fourth-order valence-corrected chi connectivity index (χ4v) is 6.35. The zero-order valence-corrected chi connectivity index (χ0v) is 19.4. The highest BCUT2D eigenvalue weighted by Gasteiger charge is 2.33. The van der Waals surface area contributed by atoms with Crippen LogP contribution in [-0.4, -0.2) is 66.7 Å². The molecule has 2 aliphatic rings. The van der Waals surface area contributed by atoms with Gasteiger partial charge in [-0.05, 0) is 38.0 Å². The fraction of sp³-hybridized carbons (Fsp3) is 0.455. The van der Waals surface area contributed by atoms with Gasteiger partial charge in [-0.1, -0.05) is 29.8 Å². The van der Waals surface area contributed by atoms with Crippen molar-refractivity contribution in [1.29, 1.82) is 0 Å². The molecule has 0 spiro atoms. The Hall–Kier alpha value is -2.32. The van der Waals surface area contributed by atoms with E-state index in [4.69, 9.17) is 11.6 Å². The van der Waals surface area contributed by atoms with Gasteiger partial charge in [0.2, 0.25) is 5.91 Å². The maximum absolute atomic E-state index is 12.6. The Morgan fingerprint density at radius 3 is 2.52 bits per heavy atom. The number of anilines is 1. The van der Waals surface area contributed by atoms with Gasteiger partial charge in [0.05, 0.1) is 34.6 Å². The van der Waals surface area contributed by atoms with Gasteiger partial charge in [-0.3, -0.25) is 9.48 Å². The van der Waals surface area contributed by atoms with E-state index in [0.29, 0.717) is 37.6 Å². The standard InChI is InChI=1S/C22H27ClN4O3S/c1-16-22(17(2)27(24-16)19-9-14-31(29,30)15-19)26-12-10-25(11-13-26)21(28)8-7-18-5-3-4-6-20(18)23/h3-8,19H,9-15H2,1-2H3/b8-7+/t19-/m0/s1. The predicted molar refractivity (Wildman–Crippen MR) is 123 cm³/mol. The van der Waals surface area contributed by atoms with Crippen LogP contribution in [0.25, 0.3) is 6.08 Å². The number of amides is 1. The average Bonchev–Trinajstić information content (AvgIpc) is 3.25. The lowest BCUT2D eigenvalue weighted by molar-refractivity contribution is -0.126. The van der Waals surface area contributed by atoms with Crippen LogP contribution < -0.4 is 4.90 Å². The van der Waals surface area contributed by atoms with Crippen molar-refractivity contribution in [3.05, 3.63) is 52.3 Å². The van der Waals surface area contributed by atoms with Gasteiger partial charge in [0, 0.05) is 37.3 Å². The van der Waals surface area contributed by atoms with E-state index in [1.807, 2.05) is 41.6 Å². The molecule has 2 saturated heterocycles. The summed E-state index contributed by atoms with van der Waals surface area (Å²) >= 11 is 6.15. The summed E-state index contributed by atoms with van der Waals surface area (Å²) in [6.07, 6.45) is 3.95. The maximum atomic E-state index is 12.6. The molecule has 31 heavy (non-hydrogen) atoms. The number of sulfone groups is 1. The van der Waals surface area contributed by atoms with Gasteiger partial charge in [-0.2, -0.15) is 5.10 Å². The number of hydrogen-bond donors (Lipinski definition) is 0. The molecule has 1 amide bonds. The van der Waals surface area contributed by atoms with Crippen LogP contribution >= 0.6 is 11.6 Å². The van der Waals surface area contributed by atoms with E-state index in [-0.39, 0.29) is 23.5 Å². The van der Waals surface area contributed by atoms with Crippen LogP contribution in [0.15, 0.2) is 30.3 Å². The molecular formula is C22H27ClN4O3S. The topological polar surface area (TPSA) is 75.5 Å². The molecule has 3 heterocycles. The number of aromatic nitrogens is 2. The van der Waals surface area contributed by atoms with Crippen molar-refractivity contribution in [2.24, 2.45) is 0 Å². The minimum Gasteiger partial charge on any atom is -0.365 e. The van der Waals surface area contributed by atoms with E-state index in [0.717, 1.165) is 22.6 Å². The molecule has 1 aromatic carbocycles. The zero-order chi connectivity index (χ0) is 22.2. The highest BCUT2D eigenvalue weighted by Crippen LogP contribution is 2.31. The third-order valence-electron chi connectivity index (χ3n) is 6.06. The normalized spacial score (nSPS) is 21.2. The lowest BCUT2D eigenvalue weighted by Crippen LogP contribution is -2.48. The minimum atomic E-state index is -2.97. The largest absolute Gasteiger partial charge is 0.365 e. The number of hydrogen-bond acceptors (Lipinski definition) is 5. The molecule has 2 aromatic rings. The van der Waals surface area contributed by atoms with Gasteiger partial charge in [0.15, 0.2) is 9.84 Å². The molecule has 0 bridgehead atoms. The van der Waals surface area contributed by atoms with Crippen molar-refractivity contribution in [1.82, 2.24) is 14.7 Å². The van der Waals surface area contributed by atoms with Crippen LogP contribution in [0.2, 0.25) is 5.02 Å². The first kappa shape index (κ1) is 21.9. The molecule has 7 nitrogen and oxygen atoms in total. The zero-order valence-electron chi connectivity index (χ0n) is 17.8. The van der Waals surface area contributed by atoms with Crippen molar-refractivity contribution in [3.8, 4) is 0 Å². The molecule has 2 aliphatic heterocycles. The molecule has 1 atom stereocenters. The lowest BCUT2D eigenvalue weighted by atomic mass is 10.2. The summed E-state index contributed by atoms with van der Waals surface area (Å²) in [6.45, 7) is 6.63. The second-order valence-electron chi connectivity index (χ2n) is 8.19. The number of rotatable bonds is 4. The SMILES string of the molecule is Cc1nn([C@H]2CCS(=O)(=O)C2)c(C)c1N1CCN(C(=O)/C=C/c2ccccc2Cl)CC1. The van der Waals surface area contributed by atoms with E-state index in [2.05, 4.69) is 10.00 Å². The first-order valence-corrected chi connectivity index (χ1v) is 12.7. The third kappa shape index (κ3) is 4.65. The van der Waals surface area contributed by atoms with Crippen molar-refractivity contribution < 1.29 is 13.2 Å². The number of nitrogens with zero attached hydrogens (tertiary/aromatic N) is 4. The second-order valence-corrected chi connectivity index (χ2v) is 10.8. The van der Waals surface area contributed by atoms with Crippen molar-refractivity contribution in [3.63, 3.8) is 0 Å². The monoisotopic (exact) mass is 462 g/mol. The summed E-state index contributed by atoms with van der Waals surface area (Å²) in [7, 11) is -2.97. The quantitative estimate of drug-likeness (QED) is 0.653. The molecule has 166 valence electrons. The molecule has 0 aliphatic carbocycles. The fourth-order valence-electron chi connectivity index (χ4n) is 4.46. The van der Waals surface area contributed by atoms with E-state index < -0.39 is 9.84 Å². The second kappa shape index (κ2) is 8.67. The van der Waals surface area contributed by atoms with Crippen LogP contribution in [0.1, 0.15) is 29.4 Å². The van der Waals surface area contributed by atoms with E-state index >= 15 is 0 Å². The molecule has 0 N–H and O–H groups in total. The number of carbonyl (C=O) groups excluding carboxylic acids is 1. The van der Waals surface area contributed by atoms with Gasteiger partial charge in [-0.15, -0.1) is 0 Å². The number of benzene rings is 1. The highest BCUT2D eigenvalue weighted by atomic mass is 35.5. The molecule has 0 unspecified atom stereocenters. The van der Waals surface area contributed by atoms with Crippen molar-refractivity contribution in [2.75, 3.05) is 42.6 Å². The van der Waals surface area contributed by atoms with Crippen LogP contribution in [0.3, 0.4) is 0 Å². The Morgan fingerprint density at radius 2 is 1.87 bits per heavy atom. The molecule has 0 radical (unpaired) electrons. The molecule has 4 rings (SSSR count). The third-order valence-corrected chi connectivity index (χ3v) is 8.15. The number of aryl methyl sites for hydroxylation is 1. The smallest absolute Gasteiger partial charge is 0.246 e. The Bertz CT molecular complexity index is 1120. The first-order chi connectivity index (χ1) is 14.7. The van der Waals surface area contributed by atoms with Gasteiger partial charge >= 0.3 is 0 Å². The van der Waals surface area contributed by atoms with Crippen LogP contribution in [0, 0.1) is 13.8 Å². The van der Waals surface area contributed by atoms with Crippen molar-refractivity contribution >= 4 is 39.1 Å². The molecule has 1 aromatic heterocycles. The van der Waals surface area contributed by atoms with Crippen molar-refractivity contribution in [2.45, 2.75) is 26.3 Å². The Morgan fingerprint density at radius 1 is 1.16 bits per heavy atom. The van der Waals surface area contributed by atoms with Crippen LogP contribution in [0.4, 0.5) is 5.69 Å². The lowest BCUT2D eigenvalue weighted by Gasteiger charge is -2.35. The maximum Gasteiger partial charge on any atom is 0.246 e. The number of carbonyl (C=O) groups is 1. The van der Waals surface area contributed by atoms with Crippen LogP contribution in [0.5, 0.6) is 0 Å². The van der Waals surface area contributed by atoms with Gasteiger partial charge in [0.1, 0.15) is 0 Å². The van der Waals surface area contributed by atoms with Crippen LogP contribution in [-0.2, 0) is 14.6 Å². The van der Waals surface area contributed by atoms with Gasteiger partial charge < -0.3 is 9.80 Å². The Kier molecular flexibility index (Phi) is 6.12. The molecular weight excluding hydrogens is 436 g/mol. The summed E-state index contributed by atoms with van der Waals surface area (Å²) < 4.78 is 25.6. The Balaban J connectivity index is 1.41. The number of piperazine rings is 1. The summed E-state index contributed by atoms with van der Waals surface area (Å²) in [6, 6.07) is 7.34.